The molecule has 0 saturated carbocycles. The Morgan fingerprint density at radius 2 is 1.50 bits per heavy atom. The van der Waals surface area contributed by atoms with Crippen molar-refractivity contribution in [2.24, 2.45) is 0 Å². The molecule has 1 heterocycles. The van der Waals surface area contributed by atoms with Crippen LogP contribution < -0.4 is 10.6 Å². The summed E-state index contributed by atoms with van der Waals surface area (Å²) in [5, 5.41) is 17.1. The lowest BCUT2D eigenvalue weighted by molar-refractivity contribution is -0.129. The largest absolute Gasteiger partial charge is 0.507 e. The van der Waals surface area contributed by atoms with Gasteiger partial charge in [0.1, 0.15) is 5.75 Å². The van der Waals surface area contributed by atoms with Gasteiger partial charge < -0.3 is 20.6 Å². The average Bonchev–Trinajstić information content (AvgIpc) is 2.78. The highest BCUT2D eigenvalue weighted by atomic mass is 16.3. The standard InChI is InChI=1S/C30H43N3O3/c1-20(34)33-16-14-23(15-17-33)31-28(36)32-26-11-9-8-10-22(26)13-12-21-18-24(29(2,3)4)27(35)25(19-21)30(5,6)7/h8-11,18-19,23,35H,12-17H2,1-7H3,(H2,31,32,36). The van der Waals surface area contributed by atoms with Gasteiger partial charge in [0, 0.05) is 31.7 Å². The number of para-hydroxylation sites is 1. The van der Waals surface area contributed by atoms with Crippen LogP contribution in [-0.2, 0) is 28.5 Å². The van der Waals surface area contributed by atoms with E-state index in [1.54, 1.807) is 6.92 Å². The summed E-state index contributed by atoms with van der Waals surface area (Å²) in [5.41, 5.74) is 4.65. The van der Waals surface area contributed by atoms with Crippen molar-refractivity contribution in [2.75, 3.05) is 18.4 Å². The van der Waals surface area contributed by atoms with Gasteiger partial charge in [-0.05, 0) is 64.8 Å². The van der Waals surface area contributed by atoms with Gasteiger partial charge in [0.25, 0.3) is 0 Å². The van der Waals surface area contributed by atoms with Crippen LogP contribution in [0.5, 0.6) is 5.75 Å². The summed E-state index contributed by atoms with van der Waals surface area (Å²) in [6, 6.07) is 12.0. The number of phenols is 1. The van der Waals surface area contributed by atoms with Gasteiger partial charge in [0.15, 0.2) is 0 Å². The fraction of sp³-hybridized carbons (Fsp3) is 0.533. The van der Waals surface area contributed by atoms with Crippen LogP contribution in [0.3, 0.4) is 0 Å². The Morgan fingerprint density at radius 3 is 2.03 bits per heavy atom. The van der Waals surface area contributed by atoms with Crippen LogP contribution in [0.25, 0.3) is 0 Å². The quantitative estimate of drug-likeness (QED) is 0.485. The molecule has 0 aromatic heterocycles. The minimum absolute atomic E-state index is 0.0661. The molecular formula is C30H43N3O3. The molecule has 0 unspecified atom stereocenters. The molecule has 196 valence electrons. The second kappa shape index (κ2) is 10.9. The summed E-state index contributed by atoms with van der Waals surface area (Å²) in [5.74, 6) is 0.483. The van der Waals surface area contributed by atoms with E-state index in [1.165, 1.54) is 5.56 Å². The van der Waals surface area contributed by atoms with Crippen molar-refractivity contribution in [3.8, 4) is 5.75 Å². The summed E-state index contributed by atoms with van der Waals surface area (Å²) >= 11 is 0. The van der Waals surface area contributed by atoms with Crippen molar-refractivity contribution in [1.29, 1.82) is 0 Å². The van der Waals surface area contributed by atoms with Crippen molar-refractivity contribution >= 4 is 17.6 Å². The first-order valence-electron chi connectivity index (χ1n) is 13.0. The van der Waals surface area contributed by atoms with E-state index in [0.29, 0.717) is 18.8 Å². The number of nitrogens with one attached hydrogen (secondary N) is 2. The fourth-order valence-corrected chi connectivity index (χ4v) is 4.80. The van der Waals surface area contributed by atoms with Crippen molar-refractivity contribution in [3.63, 3.8) is 0 Å². The lowest BCUT2D eigenvalue weighted by atomic mass is 9.78. The molecule has 6 heteroatoms. The zero-order chi connectivity index (χ0) is 26.7. The van der Waals surface area contributed by atoms with E-state index >= 15 is 0 Å². The Balaban J connectivity index is 1.71. The monoisotopic (exact) mass is 493 g/mol. The first-order valence-corrected chi connectivity index (χ1v) is 13.0. The predicted molar refractivity (Wildman–Crippen MR) is 147 cm³/mol. The number of anilines is 1. The van der Waals surface area contributed by atoms with Crippen LogP contribution in [0.15, 0.2) is 36.4 Å². The van der Waals surface area contributed by atoms with E-state index in [2.05, 4.69) is 70.4 Å². The molecule has 2 aromatic rings. The van der Waals surface area contributed by atoms with Crippen molar-refractivity contribution in [3.05, 3.63) is 58.7 Å². The Kier molecular flexibility index (Phi) is 8.37. The third-order valence-electron chi connectivity index (χ3n) is 7.01. The van der Waals surface area contributed by atoms with Crippen molar-refractivity contribution in [2.45, 2.75) is 91.0 Å². The van der Waals surface area contributed by atoms with Crippen LogP contribution in [0.2, 0.25) is 0 Å². The molecule has 0 aliphatic carbocycles. The van der Waals surface area contributed by atoms with Crippen molar-refractivity contribution in [1.82, 2.24) is 10.2 Å². The third kappa shape index (κ3) is 7.02. The van der Waals surface area contributed by atoms with E-state index in [4.69, 9.17) is 0 Å². The molecule has 3 amide bonds. The van der Waals surface area contributed by atoms with Gasteiger partial charge in [0.05, 0.1) is 0 Å². The normalized spacial score (nSPS) is 15.0. The molecule has 1 fully saturated rings. The average molecular weight is 494 g/mol. The number of piperidine rings is 1. The molecule has 3 N–H and O–H groups in total. The number of nitrogens with zero attached hydrogens (tertiary/aromatic N) is 1. The summed E-state index contributed by atoms with van der Waals surface area (Å²) in [6.07, 6.45) is 3.10. The molecule has 0 spiro atoms. The molecule has 1 aliphatic heterocycles. The second-order valence-corrected chi connectivity index (χ2v) is 12.1. The molecule has 0 radical (unpaired) electrons. The van der Waals surface area contributed by atoms with Crippen LogP contribution in [-0.4, -0.2) is 41.1 Å². The van der Waals surface area contributed by atoms with Gasteiger partial charge >= 0.3 is 6.03 Å². The molecule has 1 aliphatic rings. The number of hydrogen-bond acceptors (Lipinski definition) is 3. The number of rotatable bonds is 5. The van der Waals surface area contributed by atoms with Gasteiger partial charge in [-0.2, -0.15) is 0 Å². The minimum atomic E-state index is -0.210. The van der Waals surface area contributed by atoms with Gasteiger partial charge in [-0.1, -0.05) is 71.9 Å². The lowest BCUT2D eigenvalue weighted by Gasteiger charge is -2.31. The second-order valence-electron chi connectivity index (χ2n) is 12.1. The molecule has 2 aromatic carbocycles. The first-order chi connectivity index (χ1) is 16.8. The zero-order valence-corrected chi connectivity index (χ0v) is 23.0. The highest BCUT2D eigenvalue weighted by Gasteiger charge is 2.27. The van der Waals surface area contributed by atoms with Crippen LogP contribution in [0, 0.1) is 0 Å². The fourth-order valence-electron chi connectivity index (χ4n) is 4.80. The Hall–Kier alpha value is -3.02. The smallest absolute Gasteiger partial charge is 0.319 e. The maximum atomic E-state index is 12.7. The molecule has 3 rings (SSSR count). The van der Waals surface area contributed by atoms with E-state index in [1.807, 2.05) is 23.1 Å². The van der Waals surface area contributed by atoms with Gasteiger partial charge in [-0.15, -0.1) is 0 Å². The number of aromatic hydroxyl groups is 1. The van der Waals surface area contributed by atoms with Gasteiger partial charge in [-0.3, -0.25) is 4.79 Å². The van der Waals surface area contributed by atoms with Crippen LogP contribution in [0.1, 0.15) is 83.6 Å². The van der Waals surface area contributed by atoms with E-state index in [9.17, 15) is 14.7 Å². The summed E-state index contributed by atoms with van der Waals surface area (Å²) in [7, 11) is 0. The number of likely N-dealkylation sites (tertiary alicyclic amines) is 1. The van der Waals surface area contributed by atoms with E-state index in [-0.39, 0.29) is 28.8 Å². The Labute approximate surface area is 216 Å². The number of hydrogen-bond donors (Lipinski definition) is 3. The Bertz CT molecular complexity index is 1050. The first kappa shape index (κ1) is 27.6. The number of phenolic OH excluding ortho intramolecular Hbond substituents is 1. The molecular weight excluding hydrogens is 450 g/mol. The van der Waals surface area contributed by atoms with E-state index < -0.39 is 0 Å². The number of urea groups is 1. The number of amides is 3. The number of aryl methyl sites for hydroxylation is 2. The topological polar surface area (TPSA) is 81.7 Å². The highest BCUT2D eigenvalue weighted by Crippen LogP contribution is 2.40. The Morgan fingerprint density at radius 1 is 0.944 bits per heavy atom. The highest BCUT2D eigenvalue weighted by molar-refractivity contribution is 5.90. The summed E-state index contributed by atoms with van der Waals surface area (Å²) < 4.78 is 0. The zero-order valence-electron chi connectivity index (χ0n) is 23.0. The van der Waals surface area contributed by atoms with Crippen molar-refractivity contribution < 1.29 is 14.7 Å². The SMILES string of the molecule is CC(=O)N1CCC(NC(=O)Nc2ccccc2CCc2cc(C(C)(C)C)c(O)c(C(C)(C)C)c2)CC1. The number of carbonyl (C=O) groups is 2. The minimum Gasteiger partial charge on any atom is -0.507 e. The van der Waals surface area contributed by atoms with Gasteiger partial charge in [-0.25, -0.2) is 4.79 Å². The van der Waals surface area contributed by atoms with Gasteiger partial charge in [0.2, 0.25) is 5.91 Å². The summed E-state index contributed by atoms with van der Waals surface area (Å²) in [6.45, 7) is 15.7. The number of benzene rings is 2. The molecule has 6 nitrogen and oxygen atoms in total. The molecule has 1 saturated heterocycles. The third-order valence-corrected chi connectivity index (χ3v) is 7.01. The van der Waals surface area contributed by atoms with Crippen LogP contribution >= 0.6 is 0 Å². The maximum absolute atomic E-state index is 12.7. The molecule has 0 atom stereocenters. The van der Waals surface area contributed by atoms with E-state index in [0.717, 1.165) is 48.1 Å². The number of carbonyl (C=O) groups excluding carboxylic acids is 2. The molecule has 0 bridgehead atoms. The lowest BCUT2D eigenvalue weighted by Crippen LogP contribution is -2.47. The summed E-state index contributed by atoms with van der Waals surface area (Å²) in [4.78, 5) is 26.1. The molecule has 36 heavy (non-hydrogen) atoms. The van der Waals surface area contributed by atoms with Crippen LogP contribution in [0.4, 0.5) is 10.5 Å². The predicted octanol–water partition coefficient (Wildman–Crippen LogP) is 5.90. The maximum Gasteiger partial charge on any atom is 0.319 e.